The Hall–Kier alpha value is -2.33. The molecule has 0 saturated carbocycles. The lowest BCUT2D eigenvalue weighted by Gasteiger charge is -2.21. The van der Waals surface area contributed by atoms with E-state index in [1.165, 1.54) is 0 Å². The van der Waals surface area contributed by atoms with E-state index in [1.807, 2.05) is 61.5 Å². The standard InChI is InChI=1S/C20H26N2O2/c1-16-9-6-7-12-19(16)24-14-8-13-22(2)20(23)18(21)15-17-10-4-3-5-11-17/h3-7,9-12,18H,8,13-15,21H2,1-2H3/t18-/m0/s1. The van der Waals surface area contributed by atoms with Gasteiger partial charge in [0.15, 0.2) is 0 Å². The Morgan fingerprint density at radius 1 is 1.12 bits per heavy atom. The second-order valence-corrected chi connectivity index (χ2v) is 6.02. The SMILES string of the molecule is Cc1ccccc1OCCCN(C)C(=O)[C@@H](N)Cc1ccccc1. The molecule has 0 aliphatic heterocycles. The molecule has 0 heterocycles. The third-order valence-corrected chi connectivity index (χ3v) is 3.98. The number of nitrogens with zero attached hydrogens (tertiary/aromatic N) is 1. The number of carbonyl (C=O) groups excluding carboxylic acids is 1. The minimum Gasteiger partial charge on any atom is -0.493 e. The molecule has 0 bridgehead atoms. The molecule has 0 spiro atoms. The fourth-order valence-electron chi connectivity index (χ4n) is 2.55. The van der Waals surface area contributed by atoms with E-state index in [9.17, 15) is 4.79 Å². The quantitative estimate of drug-likeness (QED) is 0.759. The van der Waals surface area contributed by atoms with Gasteiger partial charge in [-0.05, 0) is 37.0 Å². The third-order valence-electron chi connectivity index (χ3n) is 3.98. The fourth-order valence-corrected chi connectivity index (χ4v) is 2.55. The zero-order valence-electron chi connectivity index (χ0n) is 14.4. The van der Waals surface area contributed by atoms with Crippen molar-refractivity contribution in [2.45, 2.75) is 25.8 Å². The summed E-state index contributed by atoms with van der Waals surface area (Å²) in [6, 6.07) is 17.3. The van der Waals surface area contributed by atoms with E-state index in [0.717, 1.165) is 23.3 Å². The van der Waals surface area contributed by atoms with Gasteiger partial charge in [0.25, 0.3) is 0 Å². The van der Waals surface area contributed by atoms with Gasteiger partial charge in [0.1, 0.15) is 5.75 Å². The summed E-state index contributed by atoms with van der Waals surface area (Å²) >= 11 is 0. The first-order valence-corrected chi connectivity index (χ1v) is 8.31. The Morgan fingerprint density at radius 2 is 1.79 bits per heavy atom. The summed E-state index contributed by atoms with van der Waals surface area (Å²) < 4.78 is 5.75. The predicted octanol–water partition coefficient (Wildman–Crippen LogP) is 2.79. The van der Waals surface area contributed by atoms with Gasteiger partial charge in [0.05, 0.1) is 12.6 Å². The number of aryl methyl sites for hydroxylation is 1. The Morgan fingerprint density at radius 3 is 2.50 bits per heavy atom. The number of benzene rings is 2. The Balaban J connectivity index is 1.72. The van der Waals surface area contributed by atoms with E-state index < -0.39 is 6.04 Å². The summed E-state index contributed by atoms with van der Waals surface area (Å²) in [7, 11) is 1.79. The summed E-state index contributed by atoms with van der Waals surface area (Å²) in [4.78, 5) is 14.0. The van der Waals surface area contributed by atoms with Crippen LogP contribution in [0.4, 0.5) is 0 Å². The zero-order chi connectivity index (χ0) is 17.4. The smallest absolute Gasteiger partial charge is 0.239 e. The molecule has 2 N–H and O–H groups in total. The maximum atomic E-state index is 12.3. The molecule has 1 amide bonds. The average molecular weight is 326 g/mol. The van der Waals surface area contributed by atoms with Gasteiger partial charge in [-0.2, -0.15) is 0 Å². The summed E-state index contributed by atoms with van der Waals surface area (Å²) in [6.07, 6.45) is 1.33. The highest BCUT2D eigenvalue weighted by atomic mass is 16.5. The lowest BCUT2D eigenvalue weighted by molar-refractivity contribution is -0.131. The second-order valence-electron chi connectivity index (χ2n) is 6.02. The molecule has 4 heteroatoms. The molecule has 2 aromatic carbocycles. The number of amides is 1. The number of hydrogen-bond donors (Lipinski definition) is 1. The first-order chi connectivity index (χ1) is 11.6. The molecule has 0 saturated heterocycles. The number of rotatable bonds is 8. The number of carbonyl (C=O) groups is 1. The number of hydrogen-bond acceptors (Lipinski definition) is 3. The molecule has 2 aromatic rings. The van der Waals surface area contributed by atoms with Crippen LogP contribution < -0.4 is 10.5 Å². The van der Waals surface area contributed by atoms with E-state index >= 15 is 0 Å². The topological polar surface area (TPSA) is 55.6 Å². The minimum atomic E-state index is -0.505. The number of para-hydroxylation sites is 1. The van der Waals surface area contributed by atoms with Crippen LogP contribution >= 0.6 is 0 Å². The van der Waals surface area contributed by atoms with E-state index in [0.29, 0.717) is 19.6 Å². The molecule has 2 rings (SSSR count). The lowest BCUT2D eigenvalue weighted by atomic mass is 10.1. The Bertz CT molecular complexity index is 643. The molecule has 0 aliphatic rings. The van der Waals surface area contributed by atoms with Gasteiger partial charge < -0.3 is 15.4 Å². The summed E-state index contributed by atoms with van der Waals surface area (Å²) in [6.45, 7) is 3.23. The predicted molar refractivity (Wildman–Crippen MR) is 97.0 cm³/mol. The molecule has 0 aliphatic carbocycles. The Labute approximate surface area is 144 Å². The molecule has 0 aromatic heterocycles. The van der Waals surface area contributed by atoms with Crippen LogP contribution in [0.1, 0.15) is 17.5 Å². The fraction of sp³-hybridized carbons (Fsp3) is 0.350. The van der Waals surface area contributed by atoms with Crippen molar-refractivity contribution in [3.8, 4) is 5.75 Å². The largest absolute Gasteiger partial charge is 0.493 e. The average Bonchev–Trinajstić information content (AvgIpc) is 2.60. The molecule has 24 heavy (non-hydrogen) atoms. The van der Waals surface area contributed by atoms with E-state index in [-0.39, 0.29) is 5.91 Å². The van der Waals surface area contributed by atoms with Gasteiger partial charge in [-0.3, -0.25) is 4.79 Å². The van der Waals surface area contributed by atoms with Crippen LogP contribution in [-0.4, -0.2) is 37.0 Å². The first-order valence-electron chi connectivity index (χ1n) is 8.31. The summed E-state index contributed by atoms with van der Waals surface area (Å²) in [5, 5.41) is 0. The van der Waals surface area contributed by atoms with Gasteiger partial charge in [-0.25, -0.2) is 0 Å². The minimum absolute atomic E-state index is 0.0326. The maximum Gasteiger partial charge on any atom is 0.239 e. The van der Waals surface area contributed by atoms with Crippen molar-refractivity contribution in [1.29, 1.82) is 0 Å². The van der Waals surface area contributed by atoms with Crippen LogP contribution in [0.25, 0.3) is 0 Å². The van der Waals surface area contributed by atoms with Crippen LogP contribution in [0.2, 0.25) is 0 Å². The second kappa shape index (κ2) is 9.08. The highest BCUT2D eigenvalue weighted by molar-refractivity contribution is 5.81. The molecule has 1 atom stereocenters. The molecule has 0 radical (unpaired) electrons. The number of likely N-dealkylation sites (N-methyl/N-ethyl adjacent to an activating group) is 1. The molecule has 0 unspecified atom stereocenters. The number of ether oxygens (including phenoxy) is 1. The first kappa shape index (κ1) is 18.0. The van der Waals surface area contributed by atoms with Crippen LogP contribution in [0.15, 0.2) is 54.6 Å². The van der Waals surface area contributed by atoms with Gasteiger partial charge in [-0.15, -0.1) is 0 Å². The monoisotopic (exact) mass is 326 g/mol. The van der Waals surface area contributed by atoms with Gasteiger partial charge in [0, 0.05) is 13.6 Å². The normalized spacial score (nSPS) is 11.8. The third kappa shape index (κ3) is 5.39. The lowest BCUT2D eigenvalue weighted by Crippen LogP contribution is -2.43. The molecule has 0 fully saturated rings. The summed E-state index contributed by atoms with van der Waals surface area (Å²) in [5.41, 5.74) is 8.24. The van der Waals surface area contributed by atoms with Gasteiger partial charge in [-0.1, -0.05) is 48.5 Å². The van der Waals surface area contributed by atoms with E-state index in [4.69, 9.17) is 10.5 Å². The van der Waals surface area contributed by atoms with Gasteiger partial charge in [0.2, 0.25) is 5.91 Å². The van der Waals surface area contributed by atoms with Crippen LogP contribution in [0.5, 0.6) is 5.75 Å². The number of nitrogens with two attached hydrogens (primary N) is 1. The van der Waals surface area contributed by atoms with Crippen LogP contribution in [0.3, 0.4) is 0 Å². The van der Waals surface area contributed by atoms with Gasteiger partial charge >= 0.3 is 0 Å². The highest BCUT2D eigenvalue weighted by Crippen LogP contribution is 2.16. The molecule has 4 nitrogen and oxygen atoms in total. The van der Waals surface area contributed by atoms with E-state index in [1.54, 1.807) is 11.9 Å². The van der Waals surface area contributed by atoms with Crippen molar-refractivity contribution in [2.75, 3.05) is 20.2 Å². The van der Waals surface area contributed by atoms with Crippen molar-refractivity contribution in [3.05, 3.63) is 65.7 Å². The summed E-state index contributed by atoms with van der Waals surface area (Å²) in [5.74, 6) is 0.863. The molecular formula is C20H26N2O2. The highest BCUT2D eigenvalue weighted by Gasteiger charge is 2.18. The van der Waals surface area contributed by atoms with Crippen molar-refractivity contribution in [2.24, 2.45) is 5.73 Å². The van der Waals surface area contributed by atoms with Crippen molar-refractivity contribution >= 4 is 5.91 Å². The molecular weight excluding hydrogens is 300 g/mol. The van der Waals surface area contributed by atoms with Crippen LogP contribution in [-0.2, 0) is 11.2 Å². The van der Waals surface area contributed by atoms with Crippen molar-refractivity contribution < 1.29 is 9.53 Å². The maximum absolute atomic E-state index is 12.3. The Kier molecular flexibility index (Phi) is 6.82. The zero-order valence-corrected chi connectivity index (χ0v) is 14.4. The van der Waals surface area contributed by atoms with Crippen molar-refractivity contribution in [3.63, 3.8) is 0 Å². The van der Waals surface area contributed by atoms with Crippen LogP contribution in [0, 0.1) is 6.92 Å². The van der Waals surface area contributed by atoms with E-state index in [2.05, 4.69) is 0 Å². The van der Waals surface area contributed by atoms with Crippen molar-refractivity contribution in [1.82, 2.24) is 4.90 Å². The molecule has 128 valence electrons.